The fourth-order valence-corrected chi connectivity index (χ4v) is 2.16. The molecule has 1 unspecified atom stereocenters. The van der Waals surface area contributed by atoms with Crippen LogP contribution in [0.4, 0.5) is 4.79 Å². The van der Waals surface area contributed by atoms with Crippen LogP contribution in [0.25, 0.3) is 0 Å². The van der Waals surface area contributed by atoms with Gasteiger partial charge in [0.15, 0.2) is 0 Å². The molecule has 0 radical (unpaired) electrons. The van der Waals surface area contributed by atoms with Crippen molar-refractivity contribution < 1.29 is 14.3 Å². The summed E-state index contributed by atoms with van der Waals surface area (Å²) in [6.45, 7) is 1.03. The van der Waals surface area contributed by atoms with Crippen LogP contribution in [0.2, 0.25) is 0 Å². The highest BCUT2D eigenvalue weighted by Gasteiger charge is 2.27. The number of nitrogens with zero attached hydrogens (tertiary/aromatic N) is 1. The molecule has 0 aliphatic carbocycles. The molecule has 98 valence electrons. The summed E-state index contributed by atoms with van der Waals surface area (Å²) in [5.74, 6) is 0. The zero-order valence-corrected chi connectivity index (χ0v) is 10.7. The van der Waals surface area contributed by atoms with Gasteiger partial charge in [-0.15, -0.1) is 0 Å². The monoisotopic (exact) mass is 249 g/mol. The number of benzene rings is 1. The van der Waals surface area contributed by atoms with E-state index >= 15 is 0 Å². The van der Waals surface area contributed by atoms with Gasteiger partial charge in [0, 0.05) is 13.7 Å². The summed E-state index contributed by atoms with van der Waals surface area (Å²) in [5, 5.41) is 0. The molecule has 4 heteroatoms. The third-order valence-electron chi connectivity index (χ3n) is 3.16. The highest BCUT2D eigenvalue weighted by atomic mass is 16.6. The Balaban J connectivity index is 1.87. The fourth-order valence-electron chi connectivity index (χ4n) is 2.16. The van der Waals surface area contributed by atoms with Crippen molar-refractivity contribution in [3.63, 3.8) is 0 Å². The normalized spacial score (nSPS) is 19.6. The zero-order valence-electron chi connectivity index (χ0n) is 10.7. The molecule has 0 spiro atoms. The van der Waals surface area contributed by atoms with Crippen LogP contribution in [-0.4, -0.2) is 30.9 Å². The third kappa shape index (κ3) is 3.23. The molecule has 1 aromatic rings. The smallest absolute Gasteiger partial charge is 0.412 e. The van der Waals surface area contributed by atoms with Gasteiger partial charge in [-0.25, -0.2) is 4.79 Å². The van der Waals surface area contributed by atoms with Gasteiger partial charge in [-0.2, -0.15) is 0 Å². The first kappa shape index (κ1) is 12.9. The van der Waals surface area contributed by atoms with Gasteiger partial charge in [-0.1, -0.05) is 30.3 Å². The van der Waals surface area contributed by atoms with E-state index in [4.69, 9.17) is 9.47 Å². The lowest BCUT2D eigenvalue weighted by atomic mass is 10.1. The second-order valence-electron chi connectivity index (χ2n) is 4.42. The topological polar surface area (TPSA) is 38.8 Å². The molecule has 1 atom stereocenters. The van der Waals surface area contributed by atoms with Gasteiger partial charge in [-0.3, -0.25) is 4.90 Å². The third-order valence-corrected chi connectivity index (χ3v) is 3.16. The minimum Gasteiger partial charge on any atom is -0.444 e. The van der Waals surface area contributed by atoms with Crippen LogP contribution in [0.1, 0.15) is 24.8 Å². The minimum atomic E-state index is -0.287. The molecule has 1 aliphatic heterocycles. The molecule has 1 fully saturated rings. The van der Waals surface area contributed by atoms with Crippen LogP contribution in [0.15, 0.2) is 30.3 Å². The molecule has 0 bridgehead atoms. The van der Waals surface area contributed by atoms with Crippen molar-refractivity contribution in [2.75, 3.05) is 13.7 Å². The van der Waals surface area contributed by atoms with E-state index in [1.54, 1.807) is 12.0 Å². The number of hydrogen-bond acceptors (Lipinski definition) is 3. The number of methoxy groups -OCH3 is 1. The molecule has 1 aromatic carbocycles. The average Bonchev–Trinajstić information content (AvgIpc) is 2.45. The van der Waals surface area contributed by atoms with Crippen molar-refractivity contribution in [3.05, 3.63) is 35.9 Å². The van der Waals surface area contributed by atoms with Crippen LogP contribution in [0, 0.1) is 0 Å². The van der Waals surface area contributed by atoms with E-state index in [-0.39, 0.29) is 12.3 Å². The number of hydrogen-bond donors (Lipinski definition) is 0. The van der Waals surface area contributed by atoms with Crippen molar-refractivity contribution in [1.29, 1.82) is 0 Å². The van der Waals surface area contributed by atoms with Crippen molar-refractivity contribution >= 4 is 6.09 Å². The van der Waals surface area contributed by atoms with Gasteiger partial charge in [-0.05, 0) is 24.8 Å². The second kappa shape index (κ2) is 6.40. The maximum Gasteiger partial charge on any atom is 0.412 e. The lowest BCUT2D eigenvalue weighted by molar-refractivity contribution is -0.0502. The van der Waals surface area contributed by atoms with Crippen LogP contribution in [0.5, 0.6) is 0 Å². The number of carbonyl (C=O) groups excluding carboxylic acids is 1. The maximum absolute atomic E-state index is 12.0. The number of rotatable bonds is 3. The summed E-state index contributed by atoms with van der Waals surface area (Å²) in [6, 6.07) is 9.69. The Bertz CT molecular complexity index is 380. The first-order valence-electron chi connectivity index (χ1n) is 6.31. The van der Waals surface area contributed by atoms with Gasteiger partial charge >= 0.3 is 6.09 Å². The Morgan fingerprint density at radius 2 is 2.11 bits per heavy atom. The van der Waals surface area contributed by atoms with Gasteiger partial charge in [0.25, 0.3) is 0 Å². The Labute approximate surface area is 107 Å². The SMILES string of the molecule is COC1CCCCN1C(=O)OCc1ccccc1. The van der Waals surface area contributed by atoms with Crippen LogP contribution >= 0.6 is 0 Å². The summed E-state index contributed by atoms with van der Waals surface area (Å²) in [5.41, 5.74) is 0.997. The van der Waals surface area contributed by atoms with Gasteiger partial charge in [0.1, 0.15) is 12.8 Å². The largest absolute Gasteiger partial charge is 0.444 e. The van der Waals surface area contributed by atoms with Gasteiger partial charge < -0.3 is 9.47 Å². The predicted octanol–water partition coefficient (Wildman–Crippen LogP) is 2.78. The lowest BCUT2D eigenvalue weighted by Gasteiger charge is -2.33. The van der Waals surface area contributed by atoms with Crippen molar-refractivity contribution in [2.24, 2.45) is 0 Å². The lowest BCUT2D eigenvalue weighted by Crippen LogP contribution is -2.44. The predicted molar refractivity (Wildman–Crippen MR) is 68.0 cm³/mol. The molecule has 1 aliphatic rings. The Hall–Kier alpha value is -1.55. The van der Waals surface area contributed by atoms with Crippen LogP contribution in [-0.2, 0) is 16.1 Å². The van der Waals surface area contributed by atoms with Crippen molar-refractivity contribution in [1.82, 2.24) is 4.90 Å². The summed E-state index contributed by atoms with van der Waals surface area (Å²) < 4.78 is 10.6. The Morgan fingerprint density at radius 1 is 1.33 bits per heavy atom. The standard InChI is InChI=1S/C14H19NO3/c1-17-13-9-5-6-10-15(13)14(16)18-11-12-7-3-2-4-8-12/h2-4,7-8,13H,5-6,9-11H2,1H3. The van der Waals surface area contributed by atoms with E-state index in [1.807, 2.05) is 30.3 Å². The molecular weight excluding hydrogens is 230 g/mol. The molecule has 0 saturated carbocycles. The number of carbonyl (C=O) groups is 1. The number of ether oxygens (including phenoxy) is 2. The quantitative estimate of drug-likeness (QED) is 0.826. The Kier molecular flexibility index (Phi) is 4.59. The molecule has 1 amide bonds. The number of piperidine rings is 1. The second-order valence-corrected chi connectivity index (χ2v) is 4.42. The zero-order chi connectivity index (χ0) is 12.8. The number of likely N-dealkylation sites (tertiary alicyclic amines) is 1. The molecule has 18 heavy (non-hydrogen) atoms. The van der Waals surface area contributed by atoms with Gasteiger partial charge in [0.2, 0.25) is 0 Å². The van der Waals surface area contributed by atoms with E-state index in [9.17, 15) is 4.79 Å². The minimum absolute atomic E-state index is 0.137. The van der Waals surface area contributed by atoms with E-state index in [1.165, 1.54) is 0 Å². The molecule has 0 N–H and O–H groups in total. The molecule has 2 rings (SSSR count). The molecular formula is C14H19NO3. The maximum atomic E-state index is 12.0. The van der Waals surface area contributed by atoms with Crippen LogP contribution in [0.3, 0.4) is 0 Å². The van der Waals surface area contributed by atoms with E-state index in [0.717, 1.165) is 24.8 Å². The number of amides is 1. The van der Waals surface area contributed by atoms with E-state index in [2.05, 4.69) is 0 Å². The first-order valence-corrected chi connectivity index (χ1v) is 6.31. The highest BCUT2D eigenvalue weighted by molar-refractivity contribution is 5.68. The molecule has 1 saturated heterocycles. The van der Waals surface area contributed by atoms with E-state index in [0.29, 0.717) is 13.2 Å². The molecule has 0 aromatic heterocycles. The Morgan fingerprint density at radius 3 is 2.83 bits per heavy atom. The van der Waals surface area contributed by atoms with Crippen LogP contribution < -0.4 is 0 Å². The van der Waals surface area contributed by atoms with E-state index < -0.39 is 0 Å². The van der Waals surface area contributed by atoms with Gasteiger partial charge in [0.05, 0.1) is 0 Å². The van der Waals surface area contributed by atoms with Crippen molar-refractivity contribution in [2.45, 2.75) is 32.1 Å². The molecule has 4 nitrogen and oxygen atoms in total. The molecule has 1 heterocycles. The summed E-state index contributed by atoms with van der Waals surface area (Å²) in [6.07, 6.45) is 2.57. The summed E-state index contributed by atoms with van der Waals surface area (Å²) in [4.78, 5) is 13.6. The highest BCUT2D eigenvalue weighted by Crippen LogP contribution is 2.18. The summed E-state index contributed by atoms with van der Waals surface area (Å²) in [7, 11) is 1.63. The fraction of sp³-hybridized carbons (Fsp3) is 0.500. The van der Waals surface area contributed by atoms with Crippen molar-refractivity contribution in [3.8, 4) is 0 Å². The first-order chi connectivity index (χ1) is 8.81. The summed E-state index contributed by atoms with van der Waals surface area (Å²) >= 11 is 0. The average molecular weight is 249 g/mol.